The maximum absolute atomic E-state index is 13.2. The van der Waals surface area contributed by atoms with Gasteiger partial charge in [0.1, 0.15) is 11.8 Å². The molecule has 5 nitrogen and oxygen atoms in total. The van der Waals surface area contributed by atoms with Gasteiger partial charge in [0, 0.05) is 22.1 Å². The van der Waals surface area contributed by atoms with Gasteiger partial charge in [-0.2, -0.15) is 0 Å². The molecule has 0 fully saturated rings. The molecule has 0 aliphatic heterocycles. The molecule has 168 valence electrons. The highest BCUT2D eigenvalue weighted by Gasteiger charge is 2.29. The number of hydrogen-bond acceptors (Lipinski definition) is 3. The third-order valence-electron chi connectivity index (χ3n) is 5.14. The minimum absolute atomic E-state index is 0.0380. The van der Waals surface area contributed by atoms with Crippen LogP contribution >= 0.6 is 27.5 Å². The Morgan fingerprint density at radius 3 is 2.39 bits per heavy atom. The molecule has 1 N–H and O–H groups in total. The van der Waals surface area contributed by atoms with Crippen LogP contribution in [0.5, 0.6) is 5.75 Å². The summed E-state index contributed by atoms with van der Waals surface area (Å²) in [5, 5.41) is 3.62. The molecule has 0 aliphatic rings. The van der Waals surface area contributed by atoms with Crippen molar-refractivity contribution in [3.05, 3.63) is 63.1 Å². The van der Waals surface area contributed by atoms with Gasteiger partial charge in [0.05, 0.1) is 0 Å². The molecule has 2 atom stereocenters. The Morgan fingerprint density at radius 2 is 1.81 bits per heavy atom. The Kier molecular flexibility index (Phi) is 9.85. The fourth-order valence-electron chi connectivity index (χ4n) is 3.08. The molecule has 0 aliphatic carbocycles. The molecule has 2 rings (SSSR count). The first-order valence-corrected chi connectivity index (χ1v) is 11.6. The Labute approximate surface area is 198 Å². The molecule has 0 unspecified atom stereocenters. The van der Waals surface area contributed by atoms with Crippen LogP contribution < -0.4 is 10.1 Å². The van der Waals surface area contributed by atoms with Gasteiger partial charge in [0.15, 0.2) is 6.61 Å². The van der Waals surface area contributed by atoms with E-state index in [-0.39, 0.29) is 24.5 Å². The SMILES string of the molecule is CC[C@H](C)NC(=O)[C@H](CC)N(Cc1ccc(Cl)cc1)C(=O)COc1ccc(Br)c(C)c1. The predicted octanol–water partition coefficient (Wildman–Crippen LogP) is 5.51. The van der Waals surface area contributed by atoms with Gasteiger partial charge in [-0.15, -0.1) is 0 Å². The zero-order valence-corrected chi connectivity index (χ0v) is 20.8. The summed E-state index contributed by atoms with van der Waals surface area (Å²) >= 11 is 9.46. The number of ether oxygens (including phenoxy) is 1. The third-order valence-corrected chi connectivity index (χ3v) is 6.29. The Hall–Kier alpha value is -2.05. The lowest BCUT2D eigenvalue weighted by atomic mass is 10.1. The van der Waals surface area contributed by atoms with Crippen LogP contribution in [0.2, 0.25) is 5.02 Å². The molecular weight excluding hydrogens is 480 g/mol. The van der Waals surface area contributed by atoms with E-state index in [1.807, 2.05) is 52.0 Å². The molecule has 0 radical (unpaired) electrons. The maximum Gasteiger partial charge on any atom is 0.261 e. The normalized spacial score (nSPS) is 12.7. The van der Waals surface area contributed by atoms with Crippen LogP contribution in [0.15, 0.2) is 46.9 Å². The minimum Gasteiger partial charge on any atom is -0.484 e. The number of carbonyl (C=O) groups excluding carboxylic acids is 2. The Balaban J connectivity index is 2.21. The van der Waals surface area contributed by atoms with Crippen molar-refractivity contribution in [2.24, 2.45) is 0 Å². The molecular formula is C24H30BrClN2O3. The molecule has 2 amide bonds. The molecule has 0 bridgehead atoms. The highest BCUT2D eigenvalue weighted by Crippen LogP contribution is 2.22. The van der Waals surface area contributed by atoms with Crippen LogP contribution in [0.25, 0.3) is 0 Å². The maximum atomic E-state index is 13.2. The van der Waals surface area contributed by atoms with E-state index in [4.69, 9.17) is 16.3 Å². The first kappa shape index (κ1) is 25.2. The van der Waals surface area contributed by atoms with Gasteiger partial charge in [0.25, 0.3) is 5.91 Å². The van der Waals surface area contributed by atoms with E-state index in [0.29, 0.717) is 23.7 Å². The number of amides is 2. The van der Waals surface area contributed by atoms with Crippen LogP contribution in [0.4, 0.5) is 0 Å². The number of nitrogens with zero attached hydrogens (tertiary/aromatic N) is 1. The van der Waals surface area contributed by atoms with Gasteiger partial charge >= 0.3 is 0 Å². The molecule has 31 heavy (non-hydrogen) atoms. The molecule has 0 spiro atoms. The molecule has 0 saturated heterocycles. The van der Waals surface area contributed by atoms with E-state index < -0.39 is 6.04 Å². The van der Waals surface area contributed by atoms with Crippen LogP contribution in [-0.2, 0) is 16.1 Å². The zero-order chi connectivity index (χ0) is 23.0. The van der Waals surface area contributed by atoms with E-state index >= 15 is 0 Å². The summed E-state index contributed by atoms with van der Waals surface area (Å²) in [6.07, 6.45) is 1.32. The number of carbonyl (C=O) groups is 2. The summed E-state index contributed by atoms with van der Waals surface area (Å²) in [4.78, 5) is 27.7. The van der Waals surface area contributed by atoms with Crippen molar-refractivity contribution in [2.45, 2.75) is 59.2 Å². The summed E-state index contributed by atoms with van der Waals surface area (Å²) in [6, 6.07) is 12.3. The van der Waals surface area contributed by atoms with Gasteiger partial charge in [-0.25, -0.2) is 0 Å². The van der Waals surface area contributed by atoms with Crippen molar-refractivity contribution in [3.8, 4) is 5.75 Å². The number of benzene rings is 2. The van der Waals surface area contributed by atoms with E-state index in [9.17, 15) is 9.59 Å². The van der Waals surface area contributed by atoms with Crippen molar-refractivity contribution >= 4 is 39.3 Å². The first-order chi connectivity index (χ1) is 14.7. The van der Waals surface area contributed by atoms with Gasteiger partial charge in [0.2, 0.25) is 5.91 Å². The second-order valence-electron chi connectivity index (χ2n) is 7.59. The Morgan fingerprint density at radius 1 is 1.13 bits per heavy atom. The average molecular weight is 510 g/mol. The van der Waals surface area contributed by atoms with E-state index in [2.05, 4.69) is 21.2 Å². The van der Waals surface area contributed by atoms with Crippen LogP contribution in [0, 0.1) is 6.92 Å². The van der Waals surface area contributed by atoms with Crippen molar-refractivity contribution < 1.29 is 14.3 Å². The van der Waals surface area contributed by atoms with E-state index in [1.165, 1.54) is 0 Å². The van der Waals surface area contributed by atoms with Crippen molar-refractivity contribution in [2.75, 3.05) is 6.61 Å². The third kappa shape index (κ3) is 7.54. The monoisotopic (exact) mass is 508 g/mol. The summed E-state index contributed by atoms with van der Waals surface area (Å²) in [5.74, 6) is 0.206. The fraction of sp³-hybridized carbons (Fsp3) is 0.417. The second-order valence-corrected chi connectivity index (χ2v) is 8.88. The van der Waals surface area contributed by atoms with Crippen molar-refractivity contribution in [1.29, 1.82) is 0 Å². The number of nitrogens with one attached hydrogen (secondary N) is 1. The molecule has 0 aromatic heterocycles. The minimum atomic E-state index is -0.590. The first-order valence-electron chi connectivity index (χ1n) is 10.5. The molecule has 7 heteroatoms. The highest BCUT2D eigenvalue weighted by atomic mass is 79.9. The zero-order valence-electron chi connectivity index (χ0n) is 18.5. The predicted molar refractivity (Wildman–Crippen MR) is 128 cm³/mol. The average Bonchev–Trinajstić information content (AvgIpc) is 2.75. The number of rotatable bonds is 10. The Bertz CT molecular complexity index is 889. The summed E-state index contributed by atoms with van der Waals surface area (Å²) in [5.41, 5.74) is 1.91. The van der Waals surface area contributed by atoms with Gasteiger partial charge in [-0.05, 0) is 68.1 Å². The van der Waals surface area contributed by atoms with Gasteiger partial charge in [-0.3, -0.25) is 9.59 Å². The molecule has 0 saturated carbocycles. The quantitative estimate of drug-likeness (QED) is 0.459. The molecule has 0 heterocycles. The smallest absolute Gasteiger partial charge is 0.261 e. The topological polar surface area (TPSA) is 58.6 Å². The fourth-order valence-corrected chi connectivity index (χ4v) is 3.45. The highest BCUT2D eigenvalue weighted by molar-refractivity contribution is 9.10. The lowest BCUT2D eigenvalue weighted by molar-refractivity contribution is -0.143. The summed E-state index contributed by atoms with van der Waals surface area (Å²) < 4.78 is 6.73. The van der Waals surface area contributed by atoms with E-state index in [1.54, 1.807) is 23.1 Å². The second kappa shape index (κ2) is 12.1. The van der Waals surface area contributed by atoms with Crippen molar-refractivity contribution in [3.63, 3.8) is 0 Å². The van der Waals surface area contributed by atoms with Crippen LogP contribution in [0.1, 0.15) is 44.7 Å². The van der Waals surface area contributed by atoms with Crippen LogP contribution in [-0.4, -0.2) is 35.4 Å². The molecule has 2 aromatic carbocycles. The van der Waals surface area contributed by atoms with E-state index in [0.717, 1.165) is 22.0 Å². The van der Waals surface area contributed by atoms with Crippen molar-refractivity contribution in [1.82, 2.24) is 10.2 Å². The largest absolute Gasteiger partial charge is 0.484 e. The summed E-state index contributed by atoms with van der Waals surface area (Å²) in [6.45, 7) is 7.97. The standard InChI is InChI=1S/C24H30BrClN2O3/c1-5-17(4)27-24(30)22(6-2)28(14-18-7-9-19(26)10-8-18)23(29)15-31-20-11-12-21(25)16(3)13-20/h7-13,17,22H,5-6,14-15H2,1-4H3,(H,27,30)/t17-,22-/m0/s1. The van der Waals surface area contributed by atoms with Gasteiger partial charge < -0.3 is 15.0 Å². The number of halogens is 2. The number of aryl methyl sites for hydroxylation is 1. The lowest BCUT2D eigenvalue weighted by Gasteiger charge is -2.31. The number of hydrogen-bond donors (Lipinski definition) is 1. The molecule has 2 aromatic rings. The summed E-state index contributed by atoms with van der Waals surface area (Å²) in [7, 11) is 0. The van der Waals surface area contributed by atoms with Crippen LogP contribution in [0.3, 0.4) is 0 Å². The lowest BCUT2D eigenvalue weighted by Crippen LogP contribution is -2.51. The van der Waals surface area contributed by atoms with Gasteiger partial charge in [-0.1, -0.05) is 53.5 Å².